The van der Waals surface area contributed by atoms with Crippen molar-refractivity contribution >= 4 is 30.0 Å². The van der Waals surface area contributed by atoms with Crippen LogP contribution in [0.2, 0.25) is 0 Å². The Labute approximate surface area is 220 Å². The van der Waals surface area contributed by atoms with Gasteiger partial charge in [0.25, 0.3) is 0 Å². The fraction of sp³-hybridized carbons (Fsp3) is 0.481. The first kappa shape index (κ1) is 28.8. The van der Waals surface area contributed by atoms with Crippen LogP contribution < -0.4 is 15.0 Å². The Hall–Kier alpha value is -2.78. The molecule has 10 heteroatoms. The minimum Gasteiger partial charge on any atom is -0.489 e. The zero-order valence-corrected chi connectivity index (χ0v) is 21.3. The van der Waals surface area contributed by atoms with Gasteiger partial charge < -0.3 is 20.1 Å². The minimum absolute atomic E-state index is 0. The van der Waals surface area contributed by atoms with E-state index in [4.69, 9.17) is 9.84 Å². The van der Waals surface area contributed by atoms with Gasteiger partial charge in [-0.1, -0.05) is 31.4 Å². The van der Waals surface area contributed by atoms with Gasteiger partial charge in [-0.2, -0.15) is 13.2 Å². The molecule has 6 nitrogen and oxygen atoms in total. The molecule has 1 saturated carbocycles. The van der Waals surface area contributed by atoms with Crippen molar-refractivity contribution in [3.8, 4) is 5.75 Å². The first-order valence-electron chi connectivity index (χ1n) is 12.4. The molecule has 0 bridgehead atoms. The Bertz CT molecular complexity index is 1100. The molecule has 1 heterocycles. The number of carboxylic acid groups (broad SMARTS) is 1. The van der Waals surface area contributed by atoms with Gasteiger partial charge in [0.2, 0.25) is 5.91 Å². The molecule has 1 aliphatic heterocycles. The average molecular weight is 541 g/mol. The SMILES string of the molecule is Cl.O=C(O)CCNCC(=O)N1CCc2cc(OCc3ccc(C4CCCCC4)cc3C(F)(F)F)ccc21. The first-order chi connectivity index (χ1) is 17.2. The number of carbonyl (C=O) groups excluding carboxylic acids is 1. The minimum atomic E-state index is -4.46. The highest BCUT2D eigenvalue weighted by Gasteiger charge is 2.34. The van der Waals surface area contributed by atoms with E-state index in [0.717, 1.165) is 48.9 Å². The predicted octanol–water partition coefficient (Wildman–Crippen LogP) is 5.71. The Balaban J connectivity index is 0.00000380. The number of aliphatic carboxylic acids is 1. The van der Waals surface area contributed by atoms with Gasteiger partial charge >= 0.3 is 12.1 Å². The van der Waals surface area contributed by atoms with Crippen molar-refractivity contribution in [2.75, 3.05) is 24.5 Å². The summed E-state index contributed by atoms with van der Waals surface area (Å²) in [5.74, 6) is -0.464. The van der Waals surface area contributed by atoms with Crippen LogP contribution >= 0.6 is 12.4 Å². The van der Waals surface area contributed by atoms with Crippen LogP contribution in [0, 0.1) is 0 Å². The van der Waals surface area contributed by atoms with Gasteiger partial charge in [-0.05, 0) is 60.6 Å². The summed E-state index contributed by atoms with van der Waals surface area (Å²) < 4.78 is 47.3. The molecule has 2 N–H and O–H groups in total. The van der Waals surface area contributed by atoms with Crippen molar-refractivity contribution in [2.24, 2.45) is 0 Å². The van der Waals surface area contributed by atoms with E-state index in [1.165, 1.54) is 12.1 Å². The number of carboxylic acids is 1. The third kappa shape index (κ3) is 7.38. The highest BCUT2D eigenvalue weighted by atomic mass is 35.5. The van der Waals surface area contributed by atoms with Crippen molar-refractivity contribution in [2.45, 2.75) is 63.6 Å². The maximum atomic E-state index is 13.8. The van der Waals surface area contributed by atoms with Gasteiger partial charge in [-0.15, -0.1) is 12.4 Å². The van der Waals surface area contributed by atoms with E-state index in [9.17, 15) is 22.8 Å². The van der Waals surface area contributed by atoms with Crippen molar-refractivity contribution in [3.05, 3.63) is 58.7 Å². The van der Waals surface area contributed by atoms with Crippen LogP contribution in [0.1, 0.15) is 66.7 Å². The summed E-state index contributed by atoms with van der Waals surface area (Å²) in [6, 6.07) is 9.81. The molecule has 0 radical (unpaired) electrons. The van der Waals surface area contributed by atoms with Crippen molar-refractivity contribution in [1.82, 2.24) is 5.32 Å². The van der Waals surface area contributed by atoms with Crippen molar-refractivity contribution < 1.29 is 32.6 Å². The number of nitrogens with one attached hydrogen (secondary N) is 1. The molecule has 0 spiro atoms. The molecule has 2 aromatic carbocycles. The number of fused-ring (bicyclic) bond motifs is 1. The predicted molar refractivity (Wildman–Crippen MR) is 136 cm³/mol. The van der Waals surface area contributed by atoms with Gasteiger partial charge in [0, 0.05) is 24.3 Å². The Morgan fingerprint density at radius 1 is 1.08 bits per heavy atom. The van der Waals surface area contributed by atoms with E-state index >= 15 is 0 Å². The molecule has 4 rings (SSSR count). The number of rotatable bonds is 9. The molecule has 2 aromatic rings. The number of nitrogens with zero attached hydrogens (tertiary/aromatic N) is 1. The van der Waals surface area contributed by atoms with E-state index in [0.29, 0.717) is 18.7 Å². The molecule has 0 aromatic heterocycles. The van der Waals surface area contributed by atoms with E-state index in [1.54, 1.807) is 29.2 Å². The number of ether oxygens (including phenoxy) is 1. The number of anilines is 1. The smallest absolute Gasteiger partial charge is 0.416 e. The number of hydrogen-bond acceptors (Lipinski definition) is 4. The van der Waals surface area contributed by atoms with Gasteiger partial charge in [0.15, 0.2) is 0 Å². The number of alkyl halides is 3. The zero-order chi connectivity index (χ0) is 25.7. The molecule has 37 heavy (non-hydrogen) atoms. The summed E-state index contributed by atoms with van der Waals surface area (Å²) >= 11 is 0. The fourth-order valence-electron chi connectivity index (χ4n) is 5.05. The topological polar surface area (TPSA) is 78.9 Å². The van der Waals surface area contributed by atoms with Crippen molar-refractivity contribution in [1.29, 1.82) is 0 Å². The third-order valence-electron chi connectivity index (χ3n) is 6.95. The van der Waals surface area contributed by atoms with Crippen LogP contribution in [0.3, 0.4) is 0 Å². The average Bonchev–Trinajstić information content (AvgIpc) is 3.28. The van der Waals surface area contributed by atoms with E-state index in [1.807, 2.05) is 0 Å². The summed E-state index contributed by atoms with van der Waals surface area (Å²) in [5, 5.41) is 11.5. The molecule has 1 aliphatic carbocycles. The molecule has 0 unspecified atom stereocenters. The number of benzene rings is 2. The van der Waals surface area contributed by atoms with E-state index < -0.39 is 17.7 Å². The second kappa shape index (κ2) is 12.6. The van der Waals surface area contributed by atoms with Gasteiger partial charge in [-0.3, -0.25) is 9.59 Å². The lowest BCUT2D eigenvalue weighted by molar-refractivity contribution is -0.139. The Morgan fingerprint density at radius 3 is 2.54 bits per heavy atom. The van der Waals surface area contributed by atoms with Crippen LogP contribution in [-0.2, 0) is 28.8 Å². The van der Waals surface area contributed by atoms with Crippen LogP contribution in [0.25, 0.3) is 0 Å². The van der Waals surface area contributed by atoms with Crippen LogP contribution in [0.15, 0.2) is 36.4 Å². The quantitative estimate of drug-likeness (QED) is 0.398. The number of hydrogen-bond donors (Lipinski definition) is 2. The first-order valence-corrected chi connectivity index (χ1v) is 12.4. The highest BCUT2D eigenvalue weighted by molar-refractivity contribution is 5.96. The fourth-order valence-corrected chi connectivity index (χ4v) is 5.05. The van der Waals surface area contributed by atoms with Crippen LogP contribution in [0.4, 0.5) is 18.9 Å². The lowest BCUT2D eigenvalue weighted by Crippen LogP contribution is -2.37. The number of carbonyl (C=O) groups is 2. The maximum Gasteiger partial charge on any atom is 0.416 e. The van der Waals surface area contributed by atoms with Crippen molar-refractivity contribution in [3.63, 3.8) is 0 Å². The van der Waals surface area contributed by atoms with E-state index in [-0.39, 0.29) is 55.9 Å². The molecule has 2 aliphatic rings. The number of halogens is 4. The third-order valence-corrected chi connectivity index (χ3v) is 6.95. The second-order valence-corrected chi connectivity index (χ2v) is 9.44. The van der Waals surface area contributed by atoms with Gasteiger partial charge in [0.1, 0.15) is 12.4 Å². The summed E-state index contributed by atoms with van der Waals surface area (Å²) in [5.41, 5.74) is 1.84. The highest BCUT2D eigenvalue weighted by Crippen LogP contribution is 2.38. The number of amides is 1. The molecule has 0 atom stereocenters. The Morgan fingerprint density at radius 2 is 1.84 bits per heavy atom. The largest absolute Gasteiger partial charge is 0.489 e. The normalized spacial score (nSPS) is 15.7. The summed E-state index contributed by atoms with van der Waals surface area (Å²) in [6.07, 6.45) is 1.20. The summed E-state index contributed by atoms with van der Waals surface area (Å²) in [6.45, 7) is 0.520. The monoisotopic (exact) mass is 540 g/mol. The molecule has 1 amide bonds. The Kier molecular flexibility index (Phi) is 9.84. The lowest BCUT2D eigenvalue weighted by atomic mass is 9.83. The summed E-state index contributed by atoms with van der Waals surface area (Å²) in [7, 11) is 0. The summed E-state index contributed by atoms with van der Waals surface area (Å²) in [4.78, 5) is 24.7. The lowest BCUT2D eigenvalue weighted by Gasteiger charge is -2.24. The molecule has 1 fully saturated rings. The van der Waals surface area contributed by atoms with Gasteiger partial charge in [0.05, 0.1) is 18.5 Å². The molecular weight excluding hydrogens is 509 g/mol. The standard InChI is InChI=1S/C27H31F3N2O4.ClH/c28-27(29,30)23-15-19(18-4-2-1-3-5-18)6-7-21(23)17-36-22-8-9-24-20(14-22)11-13-32(24)25(33)16-31-12-10-26(34)35;/h6-9,14-15,18,31H,1-5,10-13,16-17H2,(H,34,35);1H. The van der Waals surface area contributed by atoms with E-state index in [2.05, 4.69) is 5.32 Å². The molecular formula is C27H32ClF3N2O4. The van der Waals surface area contributed by atoms with Crippen LogP contribution in [-0.4, -0.2) is 36.6 Å². The zero-order valence-electron chi connectivity index (χ0n) is 20.5. The molecule has 202 valence electrons. The maximum absolute atomic E-state index is 13.8. The van der Waals surface area contributed by atoms with Gasteiger partial charge in [-0.25, -0.2) is 0 Å². The molecule has 0 saturated heterocycles. The second-order valence-electron chi connectivity index (χ2n) is 9.44. The van der Waals surface area contributed by atoms with Crippen LogP contribution in [0.5, 0.6) is 5.75 Å².